The predicted octanol–water partition coefficient (Wildman–Crippen LogP) is 3.81. The van der Waals surface area contributed by atoms with E-state index in [-0.39, 0.29) is 49.2 Å². The van der Waals surface area contributed by atoms with E-state index in [2.05, 4.69) is 10.1 Å². The van der Waals surface area contributed by atoms with Crippen LogP contribution >= 0.6 is 11.6 Å². The molecule has 0 atom stereocenters. The zero-order valence-electron chi connectivity index (χ0n) is 17.6. The lowest BCUT2D eigenvalue weighted by Crippen LogP contribution is -2.39. The van der Waals surface area contributed by atoms with Crippen molar-refractivity contribution in [3.8, 4) is 11.4 Å². The average Bonchev–Trinajstić information content (AvgIpc) is 3.34. The Morgan fingerprint density at radius 2 is 1.69 bits per heavy atom. The monoisotopic (exact) mass is 452 g/mol. The van der Waals surface area contributed by atoms with Gasteiger partial charge in [-0.2, -0.15) is 4.98 Å². The molecule has 4 rings (SSSR count). The summed E-state index contributed by atoms with van der Waals surface area (Å²) in [5.41, 5.74) is 1.48. The maximum Gasteiger partial charge on any atom is 0.261 e. The highest BCUT2D eigenvalue weighted by Gasteiger charge is 2.35. The lowest BCUT2D eigenvalue weighted by molar-refractivity contribution is -0.134. The minimum Gasteiger partial charge on any atom is -0.337 e. The fourth-order valence-corrected chi connectivity index (χ4v) is 3.66. The third-order valence-electron chi connectivity index (χ3n) is 5.25. The molecular weight excluding hydrogens is 432 g/mol. The Hall–Kier alpha value is -3.52. The van der Waals surface area contributed by atoms with Gasteiger partial charge in [-0.05, 0) is 50.2 Å². The Bertz CT molecular complexity index is 1140. The molecule has 2 aromatic carbocycles. The first-order valence-corrected chi connectivity index (χ1v) is 10.6. The molecule has 0 aliphatic carbocycles. The largest absolute Gasteiger partial charge is 0.337 e. The summed E-state index contributed by atoms with van der Waals surface area (Å²) in [6.07, 6.45) is 0.00181. The second kappa shape index (κ2) is 8.92. The van der Waals surface area contributed by atoms with E-state index in [4.69, 9.17) is 16.1 Å². The van der Waals surface area contributed by atoms with Gasteiger partial charge in [0.25, 0.3) is 11.8 Å². The molecule has 3 amide bonds. The Balaban J connectivity index is 1.41. The summed E-state index contributed by atoms with van der Waals surface area (Å²) in [6.45, 7) is 3.88. The van der Waals surface area contributed by atoms with Crippen LogP contribution in [0.15, 0.2) is 53.1 Å². The van der Waals surface area contributed by atoms with Gasteiger partial charge in [-0.1, -0.05) is 28.9 Å². The molecule has 8 nitrogen and oxygen atoms in total. The Labute approximate surface area is 189 Å². The van der Waals surface area contributed by atoms with E-state index in [0.717, 1.165) is 10.5 Å². The van der Waals surface area contributed by atoms with Gasteiger partial charge in [0.15, 0.2) is 0 Å². The maximum atomic E-state index is 12.9. The number of hydrogen-bond acceptors (Lipinski definition) is 6. The topological polar surface area (TPSA) is 96.6 Å². The lowest BCUT2D eigenvalue weighted by atomic mass is 10.1. The summed E-state index contributed by atoms with van der Waals surface area (Å²) in [4.78, 5) is 45.0. The van der Waals surface area contributed by atoms with Gasteiger partial charge in [0.2, 0.25) is 17.6 Å². The molecule has 1 aromatic heterocycles. The van der Waals surface area contributed by atoms with Gasteiger partial charge in [-0.3, -0.25) is 19.3 Å². The van der Waals surface area contributed by atoms with Crippen molar-refractivity contribution >= 4 is 29.3 Å². The van der Waals surface area contributed by atoms with Crippen LogP contribution in [0.1, 0.15) is 46.9 Å². The fourth-order valence-electron chi connectivity index (χ4n) is 3.53. The Morgan fingerprint density at radius 3 is 2.28 bits per heavy atom. The van der Waals surface area contributed by atoms with Crippen LogP contribution in [0, 0.1) is 0 Å². The molecular formula is C23H21ClN4O4. The van der Waals surface area contributed by atoms with Crippen molar-refractivity contribution in [3.05, 3.63) is 70.6 Å². The third-order valence-corrected chi connectivity index (χ3v) is 5.50. The molecule has 1 aliphatic heterocycles. The quantitative estimate of drug-likeness (QED) is 0.505. The highest BCUT2D eigenvalue weighted by molar-refractivity contribution is 6.30. The molecule has 164 valence electrons. The van der Waals surface area contributed by atoms with E-state index < -0.39 is 0 Å². The van der Waals surface area contributed by atoms with Crippen molar-refractivity contribution in [1.29, 1.82) is 0 Å². The molecule has 0 fully saturated rings. The zero-order chi connectivity index (χ0) is 22.8. The van der Waals surface area contributed by atoms with Crippen LogP contribution in [0.25, 0.3) is 11.4 Å². The van der Waals surface area contributed by atoms with Gasteiger partial charge in [0.05, 0.1) is 11.1 Å². The molecule has 32 heavy (non-hydrogen) atoms. The van der Waals surface area contributed by atoms with Gasteiger partial charge in [-0.15, -0.1) is 0 Å². The minimum absolute atomic E-state index is 0.00181. The number of carbonyl (C=O) groups is 3. The van der Waals surface area contributed by atoms with E-state index in [1.807, 2.05) is 13.8 Å². The smallest absolute Gasteiger partial charge is 0.261 e. The molecule has 1 aliphatic rings. The number of hydrogen-bond donors (Lipinski definition) is 0. The minimum atomic E-state index is -0.376. The molecule has 3 aromatic rings. The van der Waals surface area contributed by atoms with Crippen molar-refractivity contribution in [2.75, 3.05) is 6.54 Å². The van der Waals surface area contributed by atoms with Crippen molar-refractivity contribution in [2.45, 2.75) is 32.9 Å². The first-order chi connectivity index (χ1) is 15.3. The van der Waals surface area contributed by atoms with E-state index in [1.54, 1.807) is 53.4 Å². The highest BCUT2D eigenvalue weighted by atomic mass is 35.5. The normalized spacial score (nSPS) is 13.1. The van der Waals surface area contributed by atoms with E-state index in [0.29, 0.717) is 22.0 Å². The number of benzene rings is 2. The molecule has 9 heteroatoms. The van der Waals surface area contributed by atoms with Crippen molar-refractivity contribution in [2.24, 2.45) is 0 Å². The summed E-state index contributed by atoms with van der Waals surface area (Å²) < 4.78 is 5.33. The second-order valence-electron chi connectivity index (χ2n) is 7.69. The summed E-state index contributed by atoms with van der Waals surface area (Å²) in [5.74, 6) is -0.280. The Kier molecular flexibility index (Phi) is 6.05. The van der Waals surface area contributed by atoms with Gasteiger partial charge in [-0.25, -0.2) is 0 Å². The number of amides is 3. The predicted molar refractivity (Wildman–Crippen MR) is 117 cm³/mol. The maximum absolute atomic E-state index is 12.9. The van der Waals surface area contributed by atoms with Crippen LogP contribution in [0.4, 0.5) is 0 Å². The number of carbonyl (C=O) groups excluding carboxylic acids is 3. The standard InChI is InChI=1S/C23H21ClN4O4/c1-14(2)28(13-19-25-21(26-32-19)15-7-9-16(24)10-8-15)20(29)11-12-27-22(30)17-5-3-4-6-18(17)23(27)31/h3-10,14H,11-13H2,1-2H3. The van der Waals surface area contributed by atoms with Crippen LogP contribution in [0.2, 0.25) is 5.02 Å². The van der Waals surface area contributed by atoms with Crippen molar-refractivity contribution in [3.63, 3.8) is 0 Å². The van der Waals surface area contributed by atoms with Crippen molar-refractivity contribution in [1.82, 2.24) is 19.9 Å². The number of rotatable bonds is 7. The summed E-state index contributed by atoms with van der Waals surface area (Å²) in [7, 11) is 0. The number of aromatic nitrogens is 2. The van der Waals surface area contributed by atoms with Crippen LogP contribution in [-0.4, -0.2) is 50.2 Å². The van der Waals surface area contributed by atoms with Crippen LogP contribution in [0.3, 0.4) is 0 Å². The number of halogens is 1. The first kappa shape index (κ1) is 21.7. The summed E-state index contributed by atoms with van der Waals surface area (Å²) in [5, 5.41) is 4.58. The molecule has 2 heterocycles. The molecule has 0 radical (unpaired) electrons. The number of imide groups is 1. The zero-order valence-corrected chi connectivity index (χ0v) is 18.4. The molecule has 0 saturated carbocycles. The van der Waals surface area contributed by atoms with Gasteiger partial charge in [0.1, 0.15) is 6.54 Å². The van der Waals surface area contributed by atoms with Crippen LogP contribution in [0.5, 0.6) is 0 Å². The van der Waals surface area contributed by atoms with Gasteiger partial charge < -0.3 is 9.42 Å². The van der Waals surface area contributed by atoms with Gasteiger partial charge >= 0.3 is 0 Å². The van der Waals surface area contributed by atoms with E-state index >= 15 is 0 Å². The molecule has 0 N–H and O–H groups in total. The Morgan fingerprint density at radius 1 is 1.06 bits per heavy atom. The summed E-state index contributed by atoms with van der Waals surface area (Å²) >= 11 is 5.91. The molecule has 0 unspecified atom stereocenters. The third kappa shape index (κ3) is 4.27. The van der Waals surface area contributed by atoms with Gasteiger partial charge in [0, 0.05) is 29.6 Å². The fraction of sp³-hybridized carbons (Fsp3) is 0.261. The van der Waals surface area contributed by atoms with Crippen LogP contribution < -0.4 is 0 Å². The van der Waals surface area contributed by atoms with E-state index in [1.165, 1.54) is 0 Å². The lowest BCUT2D eigenvalue weighted by Gasteiger charge is -2.26. The number of fused-ring (bicyclic) bond motifs is 1. The molecule has 0 saturated heterocycles. The molecule has 0 spiro atoms. The second-order valence-corrected chi connectivity index (χ2v) is 8.13. The molecule has 0 bridgehead atoms. The van der Waals surface area contributed by atoms with Crippen LogP contribution in [-0.2, 0) is 11.3 Å². The SMILES string of the molecule is CC(C)N(Cc1nc(-c2ccc(Cl)cc2)no1)C(=O)CCN1C(=O)c2ccccc2C1=O. The number of nitrogens with zero attached hydrogens (tertiary/aromatic N) is 4. The average molecular weight is 453 g/mol. The van der Waals surface area contributed by atoms with Crippen molar-refractivity contribution < 1.29 is 18.9 Å². The van der Waals surface area contributed by atoms with E-state index in [9.17, 15) is 14.4 Å². The highest BCUT2D eigenvalue weighted by Crippen LogP contribution is 2.23. The first-order valence-electron chi connectivity index (χ1n) is 10.2. The summed E-state index contributed by atoms with van der Waals surface area (Å²) in [6, 6.07) is 13.5.